The van der Waals surface area contributed by atoms with Crippen molar-refractivity contribution in [3.8, 4) is 0 Å². The molecule has 0 amide bonds. The minimum Gasteiger partial charge on any atom is -0.411 e. The van der Waals surface area contributed by atoms with Gasteiger partial charge in [-0.15, -0.1) is 0 Å². The molecule has 1 heterocycles. The normalized spacial score (nSPS) is 33.1. The lowest BCUT2D eigenvalue weighted by molar-refractivity contribution is 0.0559. The summed E-state index contributed by atoms with van der Waals surface area (Å²) in [6.07, 6.45) is 7.74. The van der Waals surface area contributed by atoms with E-state index in [9.17, 15) is 5.21 Å². The van der Waals surface area contributed by atoms with Crippen molar-refractivity contribution in [1.29, 1.82) is 0 Å². The summed E-state index contributed by atoms with van der Waals surface area (Å²) in [6.45, 7) is 5.15. The molecule has 2 saturated carbocycles. The van der Waals surface area contributed by atoms with Crippen LogP contribution >= 0.6 is 11.6 Å². The van der Waals surface area contributed by atoms with Crippen molar-refractivity contribution in [2.45, 2.75) is 64.7 Å². The summed E-state index contributed by atoms with van der Waals surface area (Å²) in [7, 11) is 0. The van der Waals surface area contributed by atoms with Crippen molar-refractivity contribution in [2.75, 3.05) is 11.9 Å². The fourth-order valence-electron chi connectivity index (χ4n) is 7.08. The van der Waals surface area contributed by atoms with Crippen molar-refractivity contribution in [1.82, 2.24) is 5.16 Å². The largest absolute Gasteiger partial charge is 0.411 e. The maximum absolute atomic E-state index is 9.84. The standard InChI is InChI=1S/C25H32ClN3O2/c1-15-12-23(29-31-15)27-11-3-4-17-14-22(28-30)25(2)10-9-20-19-8-6-18(26)13-16(19)5-7-21(20)24(17)25/h6,8,12-13,17,20-21,24,30H,3-5,7,9-11,14H2,1-2H3,(H,27,29)/b28-22+/t17?,20?,21?,24?,25-/m1/s1. The Bertz CT molecular complexity index is 987. The van der Waals surface area contributed by atoms with Gasteiger partial charge in [-0.05, 0) is 98.8 Å². The molecule has 5 atom stereocenters. The number of hydrogen-bond acceptors (Lipinski definition) is 5. The molecule has 2 fully saturated rings. The molecule has 3 aliphatic rings. The fraction of sp³-hybridized carbons (Fsp3) is 0.600. The highest BCUT2D eigenvalue weighted by Gasteiger charge is 2.57. The Kier molecular flexibility index (Phi) is 5.49. The van der Waals surface area contributed by atoms with Gasteiger partial charge >= 0.3 is 0 Å². The van der Waals surface area contributed by atoms with Gasteiger partial charge in [-0.2, -0.15) is 0 Å². The first kappa shape index (κ1) is 20.9. The lowest BCUT2D eigenvalue weighted by Gasteiger charge is -2.50. The van der Waals surface area contributed by atoms with Crippen LogP contribution in [-0.4, -0.2) is 22.6 Å². The number of benzene rings is 1. The van der Waals surface area contributed by atoms with Gasteiger partial charge in [0.1, 0.15) is 5.76 Å². The molecule has 4 unspecified atom stereocenters. The highest BCUT2D eigenvalue weighted by atomic mass is 35.5. The number of oxime groups is 1. The van der Waals surface area contributed by atoms with E-state index in [1.54, 1.807) is 0 Å². The van der Waals surface area contributed by atoms with Gasteiger partial charge in [0, 0.05) is 23.0 Å². The van der Waals surface area contributed by atoms with Crippen LogP contribution in [0.1, 0.15) is 68.3 Å². The van der Waals surface area contributed by atoms with Gasteiger partial charge in [-0.3, -0.25) is 0 Å². The summed E-state index contributed by atoms with van der Waals surface area (Å²) in [5, 5.41) is 21.9. The molecule has 31 heavy (non-hydrogen) atoms. The van der Waals surface area contributed by atoms with Crippen LogP contribution < -0.4 is 5.32 Å². The van der Waals surface area contributed by atoms with Crippen molar-refractivity contribution in [3.63, 3.8) is 0 Å². The van der Waals surface area contributed by atoms with Crippen LogP contribution in [0.3, 0.4) is 0 Å². The van der Waals surface area contributed by atoms with Gasteiger partial charge in [0.05, 0.1) is 5.71 Å². The minimum absolute atomic E-state index is 0.0289. The lowest BCUT2D eigenvalue weighted by Crippen LogP contribution is -2.44. The van der Waals surface area contributed by atoms with Crippen LogP contribution in [-0.2, 0) is 6.42 Å². The quantitative estimate of drug-likeness (QED) is 0.318. The predicted octanol–water partition coefficient (Wildman–Crippen LogP) is 6.44. The zero-order valence-electron chi connectivity index (χ0n) is 18.4. The fourth-order valence-corrected chi connectivity index (χ4v) is 7.28. The highest BCUT2D eigenvalue weighted by Crippen LogP contribution is 2.62. The number of nitrogens with one attached hydrogen (secondary N) is 1. The number of hydrogen-bond donors (Lipinski definition) is 2. The molecule has 0 spiro atoms. The zero-order valence-corrected chi connectivity index (χ0v) is 19.2. The third kappa shape index (κ3) is 3.65. The van der Waals surface area contributed by atoms with E-state index in [0.29, 0.717) is 23.7 Å². The second kappa shape index (κ2) is 8.16. The first-order chi connectivity index (χ1) is 15.0. The molecule has 1 aromatic heterocycles. The Balaban J connectivity index is 1.33. The van der Waals surface area contributed by atoms with Gasteiger partial charge < -0.3 is 15.0 Å². The Labute approximate surface area is 189 Å². The van der Waals surface area contributed by atoms with Crippen LogP contribution in [0.15, 0.2) is 33.9 Å². The summed E-state index contributed by atoms with van der Waals surface area (Å²) in [6, 6.07) is 8.43. The average molecular weight is 442 g/mol. The molecular weight excluding hydrogens is 410 g/mol. The Morgan fingerprint density at radius 2 is 2.19 bits per heavy atom. The van der Waals surface area contributed by atoms with Crippen LogP contribution in [0.4, 0.5) is 5.82 Å². The number of fused-ring (bicyclic) bond motifs is 5. The lowest BCUT2D eigenvalue weighted by atomic mass is 9.54. The molecule has 6 heteroatoms. The number of aromatic nitrogens is 1. The van der Waals surface area contributed by atoms with Crippen molar-refractivity contribution < 1.29 is 9.73 Å². The van der Waals surface area contributed by atoms with Crippen molar-refractivity contribution in [2.24, 2.45) is 28.3 Å². The molecule has 0 bridgehead atoms. The van der Waals surface area contributed by atoms with Crippen LogP contribution in [0, 0.1) is 30.1 Å². The molecule has 2 aromatic rings. The maximum atomic E-state index is 9.84. The van der Waals surface area contributed by atoms with Crippen LogP contribution in [0.25, 0.3) is 0 Å². The molecule has 0 saturated heterocycles. The van der Waals surface area contributed by atoms with E-state index >= 15 is 0 Å². The third-order valence-electron chi connectivity index (χ3n) is 8.37. The molecule has 5 nitrogen and oxygen atoms in total. The monoisotopic (exact) mass is 441 g/mol. The number of rotatable bonds is 5. The van der Waals surface area contributed by atoms with E-state index in [4.69, 9.17) is 16.1 Å². The van der Waals surface area contributed by atoms with Gasteiger partial charge in [-0.25, -0.2) is 0 Å². The maximum Gasteiger partial charge on any atom is 0.169 e. The third-order valence-corrected chi connectivity index (χ3v) is 8.60. The summed E-state index contributed by atoms with van der Waals surface area (Å²) < 4.78 is 5.14. The Morgan fingerprint density at radius 1 is 1.32 bits per heavy atom. The average Bonchev–Trinajstić information content (AvgIpc) is 3.30. The Morgan fingerprint density at radius 3 is 2.97 bits per heavy atom. The van der Waals surface area contributed by atoms with Gasteiger partial charge in [-0.1, -0.05) is 34.9 Å². The molecule has 2 N–H and O–H groups in total. The number of aryl methyl sites for hydroxylation is 2. The summed E-state index contributed by atoms with van der Waals surface area (Å²) >= 11 is 6.28. The summed E-state index contributed by atoms with van der Waals surface area (Å²) in [5.74, 6) is 4.05. The van der Waals surface area contributed by atoms with Crippen LogP contribution in [0.2, 0.25) is 5.02 Å². The van der Waals surface area contributed by atoms with E-state index in [2.05, 4.69) is 40.8 Å². The SMILES string of the molecule is Cc1cc(NCCCC2C/C(=N\O)[C@@]3(C)CCC4c5ccc(Cl)cc5CCC4C23)no1. The zero-order chi connectivity index (χ0) is 21.6. The summed E-state index contributed by atoms with van der Waals surface area (Å²) in [4.78, 5) is 0. The van der Waals surface area contributed by atoms with Gasteiger partial charge in [0.15, 0.2) is 5.82 Å². The van der Waals surface area contributed by atoms with E-state index in [-0.39, 0.29) is 5.41 Å². The van der Waals surface area contributed by atoms with Gasteiger partial charge in [0.25, 0.3) is 0 Å². The second-order valence-electron chi connectivity index (χ2n) is 10.0. The van der Waals surface area contributed by atoms with E-state index in [1.807, 2.05) is 13.0 Å². The molecule has 5 rings (SSSR count). The minimum atomic E-state index is 0.0289. The first-order valence-electron chi connectivity index (χ1n) is 11.7. The molecule has 0 aliphatic heterocycles. The topological polar surface area (TPSA) is 70.7 Å². The second-order valence-corrected chi connectivity index (χ2v) is 10.5. The predicted molar refractivity (Wildman–Crippen MR) is 123 cm³/mol. The first-order valence-corrected chi connectivity index (χ1v) is 12.0. The highest BCUT2D eigenvalue weighted by molar-refractivity contribution is 6.30. The number of anilines is 1. The molecule has 166 valence electrons. The summed E-state index contributed by atoms with van der Waals surface area (Å²) in [5.41, 5.74) is 4.01. The van der Waals surface area contributed by atoms with Crippen molar-refractivity contribution in [3.05, 3.63) is 46.2 Å². The molecule has 0 radical (unpaired) electrons. The smallest absolute Gasteiger partial charge is 0.169 e. The van der Waals surface area contributed by atoms with E-state index in [0.717, 1.165) is 61.0 Å². The van der Waals surface area contributed by atoms with Gasteiger partial charge in [0.2, 0.25) is 0 Å². The van der Waals surface area contributed by atoms with E-state index < -0.39 is 0 Å². The Hall–Kier alpha value is -2.01. The van der Waals surface area contributed by atoms with Crippen LogP contribution in [0.5, 0.6) is 0 Å². The van der Waals surface area contributed by atoms with E-state index in [1.165, 1.54) is 24.0 Å². The molecular formula is C25H32ClN3O2. The number of nitrogens with zero attached hydrogens (tertiary/aromatic N) is 2. The molecule has 1 aromatic carbocycles. The molecule has 3 aliphatic carbocycles. The van der Waals surface area contributed by atoms with Crippen molar-refractivity contribution >= 4 is 23.1 Å². The number of halogens is 1.